The number of hydrogen-bond donors (Lipinski definition) is 1. The van der Waals surface area contributed by atoms with E-state index in [0.717, 1.165) is 0 Å². The molecule has 15 heavy (non-hydrogen) atoms. The van der Waals surface area contributed by atoms with Crippen molar-refractivity contribution in [2.45, 2.75) is 19.4 Å². The van der Waals surface area contributed by atoms with E-state index in [4.69, 9.17) is 5.73 Å². The van der Waals surface area contributed by atoms with Crippen LogP contribution in [-0.4, -0.2) is 39.9 Å². The standard InChI is InChI=1S/C10H16N4O/c1-10(2,7-11)14(3)9(15)8-6-12-4-5-13-8/h4-6H,7,11H2,1-3H3. The molecule has 0 aromatic carbocycles. The summed E-state index contributed by atoms with van der Waals surface area (Å²) >= 11 is 0. The SMILES string of the molecule is CN(C(=O)c1cnccn1)C(C)(C)CN. The second-order valence-corrected chi connectivity index (χ2v) is 3.97. The summed E-state index contributed by atoms with van der Waals surface area (Å²) in [4.78, 5) is 21.3. The van der Waals surface area contributed by atoms with Crippen LogP contribution in [-0.2, 0) is 0 Å². The van der Waals surface area contributed by atoms with Gasteiger partial charge in [-0.2, -0.15) is 0 Å². The van der Waals surface area contributed by atoms with E-state index < -0.39 is 0 Å². The molecule has 0 saturated carbocycles. The Morgan fingerprint density at radius 1 is 1.53 bits per heavy atom. The Bertz CT molecular complexity index is 337. The molecule has 2 N–H and O–H groups in total. The summed E-state index contributed by atoms with van der Waals surface area (Å²) in [5.74, 6) is -0.168. The predicted molar refractivity (Wildman–Crippen MR) is 57.3 cm³/mol. The van der Waals surface area contributed by atoms with Crippen molar-refractivity contribution < 1.29 is 4.79 Å². The van der Waals surface area contributed by atoms with Gasteiger partial charge >= 0.3 is 0 Å². The number of nitrogens with zero attached hydrogens (tertiary/aromatic N) is 3. The van der Waals surface area contributed by atoms with Crippen LogP contribution in [0, 0.1) is 0 Å². The van der Waals surface area contributed by atoms with Gasteiger partial charge in [-0.25, -0.2) is 4.98 Å². The zero-order valence-electron chi connectivity index (χ0n) is 9.27. The minimum absolute atomic E-state index is 0.168. The Kier molecular flexibility index (Phi) is 3.36. The Morgan fingerprint density at radius 3 is 2.67 bits per heavy atom. The molecule has 5 nitrogen and oxygen atoms in total. The minimum Gasteiger partial charge on any atom is -0.334 e. The molecule has 5 heteroatoms. The second-order valence-electron chi connectivity index (χ2n) is 3.97. The van der Waals surface area contributed by atoms with E-state index in [-0.39, 0.29) is 11.4 Å². The van der Waals surface area contributed by atoms with Gasteiger partial charge in [-0.05, 0) is 13.8 Å². The Hall–Kier alpha value is -1.49. The fourth-order valence-electron chi connectivity index (χ4n) is 0.993. The predicted octanol–water partition coefficient (Wildman–Crippen LogP) is 0.286. The highest BCUT2D eigenvalue weighted by molar-refractivity contribution is 5.92. The van der Waals surface area contributed by atoms with Crippen LogP contribution in [0.5, 0.6) is 0 Å². The van der Waals surface area contributed by atoms with Gasteiger partial charge in [0.1, 0.15) is 5.69 Å². The van der Waals surface area contributed by atoms with Gasteiger partial charge in [0.25, 0.3) is 5.91 Å². The lowest BCUT2D eigenvalue weighted by Gasteiger charge is -2.34. The number of nitrogens with two attached hydrogens (primary N) is 1. The third-order valence-electron chi connectivity index (χ3n) is 2.49. The summed E-state index contributed by atoms with van der Waals surface area (Å²) in [6.07, 6.45) is 4.48. The van der Waals surface area contributed by atoms with Crippen molar-refractivity contribution in [1.29, 1.82) is 0 Å². The number of likely N-dealkylation sites (N-methyl/N-ethyl adjacent to an activating group) is 1. The lowest BCUT2D eigenvalue weighted by atomic mass is 10.0. The molecular formula is C10H16N4O. The number of amides is 1. The zero-order chi connectivity index (χ0) is 11.5. The van der Waals surface area contributed by atoms with E-state index in [1.165, 1.54) is 18.6 Å². The first kappa shape index (κ1) is 11.6. The molecule has 0 radical (unpaired) electrons. The number of hydrogen-bond acceptors (Lipinski definition) is 4. The largest absolute Gasteiger partial charge is 0.334 e. The quantitative estimate of drug-likeness (QED) is 0.774. The molecule has 0 saturated heterocycles. The van der Waals surface area contributed by atoms with Gasteiger partial charge in [0, 0.05) is 31.5 Å². The van der Waals surface area contributed by atoms with Crippen LogP contribution >= 0.6 is 0 Å². The third kappa shape index (κ3) is 2.50. The van der Waals surface area contributed by atoms with Crippen molar-refractivity contribution in [3.05, 3.63) is 24.3 Å². The lowest BCUT2D eigenvalue weighted by Crippen LogP contribution is -2.50. The molecule has 1 amide bonds. The van der Waals surface area contributed by atoms with Crippen molar-refractivity contribution in [1.82, 2.24) is 14.9 Å². The molecule has 1 aromatic heterocycles. The summed E-state index contributed by atoms with van der Waals surface area (Å²) in [7, 11) is 1.71. The topological polar surface area (TPSA) is 72.1 Å². The average Bonchev–Trinajstić information content (AvgIpc) is 2.28. The van der Waals surface area contributed by atoms with Crippen LogP contribution in [0.1, 0.15) is 24.3 Å². The molecule has 1 rings (SSSR count). The molecule has 0 unspecified atom stereocenters. The first-order chi connectivity index (χ1) is 6.99. The van der Waals surface area contributed by atoms with Gasteiger partial charge in [-0.15, -0.1) is 0 Å². The maximum atomic E-state index is 11.9. The monoisotopic (exact) mass is 208 g/mol. The maximum Gasteiger partial charge on any atom is 0.274 e. The van der Waals surface area contributed by atoms with E-state index in [0.29, 0.717) is 12.2 Å². The molecule has 1 heterocycles. The fourth-order valence-corrected chi connectivity index (χ4v) is 0.993. The number of rotatable bonds is 3. The van der Waals surface area contributed by atoms with E-state index in [2.05, 4.69) is 9.97 Å². The van der Waals surface area contributed by atoms with Gasteiger partial charge in [0.15, 0.2) is 0 Å². The molecule has 0 bridgehead atoms. The smallest absolute Gasteiger partial charge is 0.274 e. The highest BCUT2D eigenvalue weighted by Crippen LogP contribution is 2.12. The van der Waals surface area contributed by atoms with E-state index >= 15 is 0 Å². The summed E-state index contributed by atoms with van der Waals surface area (Å²) in [6.45, 7) is 4.21. The lowest BCUT2D eigenvalue weighted by molar-refractivity contribution is 0.0633. The van der Waals surface area contributed by atoms with Gasteiger partial charge in [0.05, 0.1) is 6.20 Å². The summed E-state index contributed by atoms with van der Waals surface area (Å²) in [5.41, 5.74) is 5.55. The highest BCUT2D eigenvalue weighted by atomic mass is 16.2. The van der Waals surface area contributed by atoms with E-state index in [9.17, 15) is 4.79 Å². The van der Waals surface area contributed by atoms with Crippen LogP contribution in [0.3, 0.4) is 0 Å². The second kappa shape index (κ2) is 4.35. The molecular weight excluding hydrogens is 192 g/mol. The van der Waals surface area contributed by atoms with Crippen LogP contribution in [0.2, 0.25) is 0 Å². The number of carbonyl (C=O) groups excluding carboxylic acids is 1. The number of aromatic nitrogens is 2. The first-order valence-electron chi connectivity index (χ1n) is 4.73. The fraction of sp³-hybridized carbons (Fsp3) is 0.500. The van der Waals surface area contributed by atoms with Gasteiger partial charge in [-0.3, -0.25) is 9.78 Å². The highest BCUT2D eigenvalue weighted by Gasteiger charge is 2.27. The van der Waals surface area contributed by atoms with E-state index in [1.807, 2.05) is 13.8 Å². The van der Waals surface area contributed by atoms with Crippen LogP contribution < -0.4 is 5.73 Å². The summed E-state index contributed by atoms with van der Waals surface area (Å²) < 4.78 is 0. The minimum atomic E-state index is -0.380. The first-order valence-corrected chi connectivity index (χ1v) is 4.73. The Labute approximate surface area is 89.3 Å². The Morgan fingerprint density at radius 2 is 2.20 bits per heavy atom. The van der Waals surface area contributed by atoms with Crippen molar-refractivity contribution in [2.24, 2.45) is 5.73 Å². The molecule has 0 atom stereocenters. The van der Waals surface area contributed by atoms with Crippen molar-refractivity contribution in [3.8, 4) is 0 Å². The molecule has 0 aliphatic rings. The summed E-state index contributed by atoms with van der Waals surface area (Å²) in [5, 5.41) is 0. The third-order valence-corrected chi connectivity index (χ3v) is 2.49. The van der Waals surface area contributed by atoms with Crippen molar-refractivity contribution >= 4 is 5.91 Å². The van der Waals surface area contributed by atoms with E-state index in [1.54, 1.807) is 11.9 Å². The van der Waals surface area contributed by atoms with Crippen molar-refractivity contribution in [2.75, 3.05) is 13.6 Å². The van der Waals surface area contributed by atoms with Crippen LogP contribution in [0.15, 0.2) is 18.6 Å². The molecule has 0 fully saturated rings. The molecule has 1 aromatic rings. The van der Waals surface area contributed by atoms with Crippen LogP contribution in [0.25, 0.3) is 0 Å². The zero-order valence-corrected chi connectivity index (χ0v) is 9.27. The summed E-state index contributed by atoms with van der Waals surface area (Å²) in [6, 6.07) is 0. The van der Waals surface area contributed by atoms with Gasteiger partial charge in [0.2, 0.25) is 0 Å². The van der Waals surface area contributed by atoms with Gasteiger partial charge in [-0.1, -0.05) is 0 Å². The Balaban J connectivity index is 2.87. The molecule has 82 valence electrons. The maximum absolute atomic E-state index is 11.9. The van der Waals surface area contributed by atoms with Crippen molar-refractivity contribution in [3.63, 3.8) is 0 Å². The van der Waals surface area contributed by atoms with Crippen LogP contribution in [0.4, 0.5) is 0 Å². The average molecular weight is 208 g/mol. The number of carbonyl (C=O) groups is 1. The normalized spacial score (nSPS) is 11.2. The van der Waals surface area contributed by atoms with Gasteiger partial charge < -0.3 is 10.6 Å². The molecule has 0 spiro atoms. The molecule has 0 aliphatic carbocycles. The molecule has 0 aliphatic heterocycles.